The Kier molecular flexibility index (Phi) is 7.28. The molecule has 3 aromatic carbocycles. The molecule has 1 saturated heterocycles. The number of likely N-dealkylation sites (tertiary alicyclic amines) is 1. The van der Waals surface area contributed by atoms with Gasteiger partial charge in [0, 0.05) is 17.5 Å². The number of rotatable bonds is 6. The molecule has 186 valence electrons. The minimum Gasteiger partial charge on any atom is -0.294 e. The fraction of sp³-hybridized carbons (Fsp3) is 0.355. The van der Waals surface area contributed by atoms with Gasteiger partial charge >= 0.3 is 0 Å². The summed E-state index contributed by atoms with van der Waals surface area (Å²) in [5.74, 6) is 0.287. The fourth-order valence-corrected chi connectivity index (χ4v) is 5.59. The molecule has 36 heavy (non-hydrogen) atoms. The topological polar surface area (TPSA) is 35.9 Å². The molecular weight excluding hydrogens is 449 g/mol. The third-order valence-electron chi connectivity index (χ3n) is 7.56. The van der Waals surface area contributed by atoms with Crippen molar-refractivity contribution < 1.29 is 9.18 Å². The Bertz CT molecular complexity index is 1250. The number of hydrazone groups is 1. The monoisotopic (exact) mass is 483 g/mol. The van der Waals surface area contributed by atoms with E-state index in [-0.39, 0.29) is 11.7 Å². The second-order valence-corrected chi connectivity index (χ2v) is 10.3. The minimum absolute atomic E-state index is 0.0653. The lowest BCUT2D eigenvalue weighted by Gasteiger charge is -2.33. The SMILES string of the molecule is Cc1ccc(C2=NN(C(=O)CN3CCC(Cc4ccccc4)CC3)C(c3ccccc3F)C2)c(C)c1. The first kappa shape index (κ1) is 24.4. The molecule has 5 heteroatoms. The van der Waals surface area contributed by atoms with Crippen molar-refractivity contribution in [2.24, 2.45) is 11.0 Å². The maximum Gasteiger partial charge on any atom is 0.257 e. The molecule has 2 heterocycles. The highest BCUT2D eigenvalue weighted by Gasteiger charge is 2.36. The predicted octanol–water partition coefficient (Wildman–Crippen LogP) is 6.07. The van der Waals surface area contributed by atoms with Crippen molar-refractivity contribution in [3.05, 3.63) is 106 Å². The quantitative estimate of drug-likeness (QED) is 0.426. The van der Waals surface area contributed by atoms with Crippen LogP contribution in [0.2, 0.25) is 0 Å². The Hall–Kier alpha value is -3.31. The zero-order chi connectivity index (χ0) is 25.1. The summed E-state index contributed by atoms with van der Waals surface area (Å²) in [5, 5.41) is 6.34. The number of halogens is 1. The van der Waals surface area contributed by atoms with Gasteiger partial charge in [0.2, 0.25) is 0 Å². The molecule has 1 fully saturated rings. The van der Waals surface area contributed by atoms with Crippen LogP contribution in [0.4, 0.5) is 4.39 Å². The van der Waals surface area contributed by atoms with E-state index >= 15 is 0 Å². The summed E-state index contributed by atoms with van der Waals surface area (Å²) in [6.45, 7) is 6.23. The molecule has 0 aromatic heterocycles. The average Bonchev–Trinajstić information content (AvgIpc) is 3.31. The van der Waals surface area contributed by atoms with Crippen molar-refractivity contribution >= 4 is 11.6 Å². The Morgan fingerprint density at radius 3 is 2.42 bits per heavy atom. The van der Waals surface area contributed by atoms with Crippen LogP contribution in [0.25, 0.3) is 0 Å². The highest BCUT2D eigenvalue weighted by molar-refractivity contribution is 6.04. The number of nitrogens with zero attached hydrogens (tertiary/aromatic N) is 3. The number of hydrogen-bond acceptors (Lipinski definition) is 3. The predicted molar refractivity (Wildman–Crippen MR) is 142 cm³/mol. The molecule has 2 aliphatic rings. The molecule has 4 nitrogen and oxygen atoms in total. The van der Waals surface area contributed by atoms with Gasteiger partial charge in [-0.1, -0.05) is 72.3 Å². The van der Waals surface area contributed by atoms with Crippen molar-refractivity contribution in [1.82, 2.24) is 9.91 Å². The smallest absolute Gasteiger partial charge is 0.257 e. The number of benzene rings is 3. The van der Waals surface area contributed by atoms with Crippen LogP contribution in [0.1, 0.15) is 53.1 Å². The van der Waals surface area contributed by atoms with Gasteiger partial charge in [-0.3, -0.25) is 9.69 Å². The molecule has 0 bridgehead atoms. The molecule has 0 N–H and O–H groups in total. The Morgan fingerprint density at radius 2 is 1.69 bits per heavy atom. The summed E-state index contributed by atoms with van der Waals surface area (Å²) in [6, 6.07) is 23.2. The average molecular weight is 484 g/mol. The lowest BCUT2D eigenvalue weighted by atomic mass is 9.90. The molecule has 2 aliphatic heterocycles. The first-order valence-corrected chi connectivity index (χ1v) is 13.0. The van der Waals surface area contributed by atoms with E-state index in [0.29, 0.717) is 24.4 Å². The van der Waals surface area contributed by atoms with Crippen molar-refractivity contribution in [2.75, 3.05) is 19.6 Å². The van der Waals surface area contributed by atoms with Crippen molar-refractivity contribution in [3.63, 3.8) is 0 Å². The van der Waals surface area contributed by atoms with Gasteiger partial charge in [-0.2, -0.15) is 5.10 Å². The van der Waals surface area contributed by atoms with Crippen LogP contribution in [0, 0.1) is 25.6 Å². The van der Waals surface area contributed by atoms with E-state index in [0.717, 1.165) is 49.2 Å². The van der Waals surface area contributed by atoms with E-state index in [1.165, 1.54) is 17.2 Å². The van der Waals surface area contributed by atoms with E-state index in [9.17, 15) is 9.18 Å². The van der Waals surface area contributed by atoms with Gasteiger partial charge in [0.05, 0.1) is 18.3 Å². The van der Waals surface area contributed by atoms with Crippen molar-refractivity contribution in [1.29, 1.82) is 0 Å². The van der Waals surface area contributed by atoms with Crippen molar-refractivity contribution in [3.8, 4) is 0 Å². The molecule has 0 aliphatic carbocycles. The summed E-state index contributed by atoms with van der Waals surface area (Å²) in [7, 11) is 0. The van der Waals surface area contributed by atoms with Gasteiger partial charge in [-0.05, 0) is 69.3 Å². The highest BCUT2D eigenvalue weighted by Crippen LogP contribution is 2.35. The van der Waals surface area contributed by atoms with Gasteiger partial charge in [0.1, 0.15) is 5.82 Å². The van der Waals surface area contributed by atoms with Gasteiger partial charge in [-0.15, -0.1) is 0 Å². The second-order valence-electron chi connectivity index (χ2n) is 10.3. The van der Waals surface area contributed by atoms with Crippen LogP contribution >= 0.6 is 0 Å². The van der Waals surface area contributed by atoms with E-state index in [4.69, 9.17) is 5.10 Å². The van der Waals surface area contributed by atoms with E-state index in [1.54, 1.807) is 17.1 Å². The standard InChI is InChI=1S/C31H34FN3O/c1-22-12-13-26(23(2)18-22)29-20-30(27-10-6-7-11-28(27)32)35(33-29)31(36)21-34-16-14-25(15-17-34)19-24-8-4-3-5-9-24/h3-13,18,25,30H,14-17,19-21H2,1-2H3. The van der Waals surface area contributed by atoms with Crippen LogP contribution in [-0.2, 0) is 11.2 Å². The fourth-order valence-electron chi connectivity index (χ4n) is 5.59. The van der Waals surface area contributed by atoms with Crippen LogP contribution in [0.3, 0.4) is 0 Å². The van der Waals surface area contributed by atoms with Gasteiger partial charge < -0.3 is 0 Å². The van der Waals surface area contributed by atoms with Gasteiger partial charge in [-0.25, -0.2) is 9.40 Å². The third kappa shape index (κ3) is 5.41. The third-order valence-corrected chi connectivity index (χ3v) is 7.56. The molecule has 0 saturated carbocycles. The van der Waals surface area contributed by atoms with Crippen molar-refractivity contribution in [2.45, 2.75) is 45.6 Å². The number of hydrogen-bond donors (Lipinski definition) is 0. The zero-order valence-electron chi connectivity index (χ0n) is 21.2. The van der Waals surface area contributed by atoms with E-state index in [1.807, 2.05) is 6.07 Å². The molecule has 3 aromatic rings. The number of piperidine rings is 1. The summed E-state index contributed by atoms with van der Waals surface area (Å²) in [5.41, 5.74) is 6.08. The maximum absolute atomic E-state index is 14.8. The van der Waals surface area contributed by atoms with Gasteiger partial charge in [0.15, 0.2) is 0 Å². The van der Waals surface area contributed by atoms with Crippen LogP contribution in [0.15, 0.2) is 77.9 Å². The van der Waals surface area contributed by atoms with Crippen LogP contribution in [-0.4, -0.2) is 41.2 Å². The Morgan fingerprint density at radius 1 is 0.972 bits per heavy atom. The molecular formula is C31H34FN3O. The Balaban J connectivity index is 1.30. The summed E-state index contributed by atoms with van der Waals surface area (Å²) < 4.78 is 14.8. The van der Waals surface area contributed by atoms with Crippen LogP contribution in [0.5, 0.6) is 0 Å². The number of amides is 1. The van der Waals surface area contributed by atoms with Crippen LogP contribution < -0.4 is 0 Å². The highest BCUT2D eigenvalue weighted by atomic mass is 19.1. The summed E-state index contributed by atoms with van der Waals surface area (Å²) in [4.78, 5) is 15.8. The van der Waals surface area contributed by atoms with Gasteiger partial charge in [0.25, 0.3) is 5.91 Å². The maximum atomic E-state index is 14.8. The number of carbonyl (C=O) groups excluding carboxylic acids is 1. The van der Waals surface area contributed by atoms with E-state index < -0.39 is 6.04 Å². The summed E-state index contributed by atoms with van der Waals surface area (Å²) in [6.07, 6.45) is 3.76. The molecule has 5 rings (SSSR count). The molecule has 1 unspecified atom stereocenters. The zero-order valence-corrected chi connectivity index (χ0v) is 21.2. The molecule has 1 amide bonds. The lowest BCUT2D eigenvalue weighted by Crippen LogP contribution is -2.42. The first-order chi connectivity index (χ1) is 17.5. The Labute approximate surface area is 213 Å². The number of carbonyl (C=O) groups is 1. The lowest BCUT2D eigenvalue weighted by molar-refractivity contribution is -0.134. The number of aryl methyl sites for hydroxylation is 2. The molecule has 1 atom stereocenters. The molecule has 0 radical (unpaired) electrons. The minimum atomic E-state index is -0.426. The first-order valence-electron chi connectivity index (χ1n) is 13.0. The largest absolute Gasteiger partial charge is 0.294 e. The van der Waals surface area contributed by atoms with E-state index in [2.05, 4.69) is 67.3 Å². The molecule has 0 spiro atoms. The summed E-state index contributed by atoms with van der Waals surface area (Å²) >= 11 is 0. The second kappa shape index (κ2) is 10.8. The normalized spacial score (nSPS) is 18.9.